The molecule has 104 valence electrons. The molecule has 0 N–H and O–H groups in total. The normalized spacial score (nSPS) is 12.9. The van der Waals surface area contributed by atoms with Crippen molar-refractivity contribution in [3.8, 4) is 0 Å². The Labute approximate surface area is 108 Å². The van der Waals surface area contributed by atoms with Crippen LogP contribution in [0.1, 0.15) is 72.1 Å². The van der Waals surface area contributed by atoms with Gasteiger partial charge in [0.2, 0.25) is 0 Å². The number of hydrogen-bond acceptors (Lipinski definition) is 2. The van der Waals surface area contributed by atoms with Gasteiger partial charge in [-0.25, -0.2) is 0 Å². The van der Waals surface area contributed by atoms with E-state index in [9.17, 15) is 0 Å². The summed E-state index contributed by atoms with van der Waals surface area (Å²) in [4.78, 5) is 0. The number of hydrogen-bond donors (Lipinski definition) is 0. The van der Waals surface area contributed by atoms with Crippen molar-refractivity contribution in [1.29, 1.82) is 0 Å². The van der Waals surface area contributed by atoms with Crippen LogP contribution in [0.15, 0.2) is 0 Å². The fourth-order valence-corrected chi connectivity index (χ4v) is 1.71. The third-order valence-electron chi connectivity index (χ3n) is 2.90. The van der Waals surface area contributed by atoms with Crippen LogP contribution in [0.2, 0.25) is 0 Å². The van der Waals surface area contributed by atoms with Gasteiger partial charge in [0.15, 0.2) is 0 Å². The van der Waals surface area contributed by atoms with Crippen LogP contribution in [0.4, 0.5) is 0 Å². The zero-order valence-corrected chi connectivity index (χ0v) is 12.2. The van der Waals surface area contributed by atoms with Gasteiger partial charge >= 0.3 is 0 Å². The minimum Gasteiger partial charge on any atom is -0.379 e. The van der Waals surface area contributed by atoms with Gasteiger partial charge in [0.25, 0.3) is 0 Å². The fourth-order valence-electron chi connectivity index (χ4n) is 1.71. The van der Waals surface area contributed by atoms with Gasteiger partial charge in [-0.05, 0) is 19.8 Å². The van der Waals surface area contributed by atoms with Crippen molar-refractivity contribution >= 4 is 0 Å². The Morgan fingerprint density at radius 2 is 1.41 bits per heavy atom. The van der Waals surface area contributed by atoms with Gasteiger partial charge < -0.3 is 9.47 Å². The van der Waals surface area contributed by atoms with Crippen LogP contribution in [0.3, 0.4) is 0 Å². The van der Waals surface area contributed by atoms with Gasteiger partial charge in [0.1, 0.15) is 0 Å². The maximum atomic E-state index is 5.70. The molecule has 0 aromatic heterocycles. The Kier molecular flexibility index (Phi) is 13.9. The predicted molar refractivity (Wildman–Crippen MR) is 74.5 cm³/mol. The number of ether oxygens (including phenoxy) is 2. The predicted octanol–water partition coefficient (Wildman–Crippen LogP) is 4.57. The van der Waals surface area contributed by atoms with Crippen LogP contribution < -0.4 is 0 Å². The molecule has 0 aromatic carbocycles. The van der Waals surface area contributed by atoms with Crippen molar-refractivity contribution in [2.45, 2.75) is 78.2 Å². The molecule has 17 heavy (non-hydrogen) atoms. The van der Waals surface area contributed by atoms with E-state index in [1.165, 1.54) is 44.9 Å². The van der Waals surface area contributed by atoms with E-state index < -0.39 is 0 Å². The summed E-state index contributed by atoms with van der Waals surface area (Å²) < 4.78 is 11.2. The van der Waals surface area contributed by atoms with Crippen LogP contribution in [0, 0.1) is 0 Å². The summed E-state index contributed by atoms with van der Waals surface area (Å²) in [5, 5.41) is 0. The van der Waals surface area contributed by atoms with E-state index in [1.807, 2.05) is 0 Å². The van der Waals surface area contributed by atoms with Crippen LogP contribution in [-0.2, 0) is 9.47 Å². The zero-order chi connectivity index (χ0) is 12.8. The van der Waals surface area contributed by atoms with Gasteiger partial charge in [-0.2, -0.15) is 0 Å². The van der Waals surface area contributed by atoms with Gasteiger partial charge in [0, 0.05) is 13.2 Å². The third-order valence-corrected chi connectivity index (χ3v) is 2.90. The highest BCUT2D eigenvalue weighted by molar-refractivity contribution is 4.49. The topological polar surface area (TPSA) is 18.5 Å². The summed E-state index contributed by atoms with van der Waals surface area (Å²) in [5.74, 6) is 0. The molecular formula is C15H32O2. The van der Waals surface area contributed by atoms with E-state index >= 15 is 0 Å². The second-order valence-electron chi connectivity index (χ2n) is 4.88. The summed E-state index contributed by atoms with van der Waals surface area (Å²) in [6, 6.07) is 0. The molecule has 0 spiro atoms. The smallest absolute Gasteiger partial charge is 0.0780 e. The molecule has 0 radical (unpaired) electrons. The first kappa shape index (κ1) is 16.9. The summed E-state index contributed by atoms with van der Waals surface area (Å²) in [6.07, 6.45) is 10.6. The summed E-state index contributed by atoms with van der Waals surface area (Å²) in [6.45, 7) is 9.05. The highest BCUT2D eigenvalue weighted by Gasteiger charge is 2.01. The molecule has 0 rings (SSSR count). The van der Waals surface area contributed by atoms with Gasteiger partial charge in [-0.1, -0.05) is 52.4 Å². The molecule has 0 fully saturated rings. The second-order valence-corrected chi connectivity index (χ2v) is 4.88. The SMILES string of the molecule is CCCCCCCCOC(C)COCCCC. The van der Waals surface area contributed by atoms with Crippen LogP contribution in [0.25, 0.3) is 0 Å². The zero-order valence-electron chi connectivity index (χ0n) is 12.2. The lowest BCUT2D eigenvalue weighted by Crippen LogP contribution is -2.17. The summed E-state index contributed by atoms with van der Waals surface area (Å²) in [7, 11) is 0. The first-order valence-corrected chi connectivity index (χ1v) is 7.50. The van der Waals surface area contributed by atoms with Crippen LogP contribution in [0.5, 0.6) is 0 Å². The lowest BCUT2D eigenvalue weighted by Gasteiger charge is -2.13. The third kappa shape index (κ3) is 13.9. The highest BCUT2D eigenvalue weighted by Crippen LogP contribution is 2.05. The number of rotatable bonds is 13. The number of unbranched alkanes of at least 4 members (excludes halogenated alkanes) is 6. The van der Waals surface area contributed by atoms with E-state index in [0.29, 0.717) is 0 Å². The van der Waals surface area contributed by atoms with Crippen molar-refractivity contribution in [2.24, 2.45) is 0 Å². The molecule has 0 saturated heterocycles. The summed E-state index contributed by atoms with van der Waals surface area (Å²) in [5.41, 5.74) is 0. The highest BCUT2D eigenvalue weighted by atomic mass is 16.5. The minimum atomic E-state index is 0.252. The fraction of sp³-hybridized carbons (Fsp3) is 1.00. The molecule has 0 amide bonds. The van der Waals surface area contributed by atoms with Gasteiger partial charge in [-0.3, -0.25) is 0 Å². The van der Waals surface area contributed by atoms with E-state index in [2.05, 4.69) is 20.8 Å². The Balaban J connectivity index is 3.08. The molecule has 1 atom stereocenters. The van der Waals surface area contributed by atoms with Gasteiger partial charge in [-0.15, -0.1) is 0 Å². The summed E-state index contributed by atoms with van der Waals surface area (Å²) >= 11 is 0. The monoisotopic (exact) mass is 244 g/mol. The van der Waals surface area contributed by atoms with Crippen molar-refractivity contribution in [3.63, 3.8) is 0 Å². The average Bonchev–Trinajstić information content (AvgIpc) is 2.33. The molecule has 0 saturated carbocycles. The maximum Gasteiger partial charge on any atom is 0.0780 e. The lowest BCUT2D eigenvalue weighted by atomic mass is 10.1. The Bertz CT molecular complexity index is 137. The van der Waals surface area contributed by atoms with E-state index in [0.717, 1.165) is 26.2 Å². The van der Waals surface area contributed by atoms with Crippen molar-refractivity contribution < 1.29 is 9.47 Å². The second kappa shape index (κ2) is 14.0. The molecule has 0 aromatic rings. The molecule has 0 heterocycles. The standard InChI is InChI=1S/C15H32O2/c1-4-6-8-9-10-11-13-17-15(3)14-16-12-7-5-2/h15H,4-14H2,1-3H3. The largest absolute Gasteiger partial charge is 0.379 e. The van der Waals surface area contributed by atoms with E-state index in [4.69, 9.17) is 9.47 Å². The van der Waals surface area contributed by atoms with Crippen LogP contribution in [-0.4, -0.2) is 25.9 Å². The quantitative estimate of drug-likeness (QED) is 0.442. The van der Waals surface area contributed by atoms with Crippen molar-refractivity contribution in [1.82, 2.24) is 0 Å². The van der Waals surface area contributed by atoms with Gasteiger partial charge in [0.05, 0.1) is 12.7 Å². The molecule has 2 heteroatoms. The minimum absolute atomic E-state index is 0.252. The molecule has 0 aliphatic heterocycles. The molecule has 0 aliphatic rings. The van der Waals surface area contributed by atoms with Crippen LogP contribution >= 0.6 is 0 Å². The maximum absolute atomic E-state index is 5.70. The lowest BCUT2D eigenvalue weighted by molar-refractivity contribution is -0.00844. The van der Waals surface area contributed by atoms with Crippen molar-refractivity contribution in [2.75, 3.05) is 19.8 Å². The average molecular weight is 244 g/mol. The van der Waals surface area contributed by atoms with Crippen molar-refractivity contribution in [3.05, 3.63) is 0 Å². The first-order chi connectivity index (χ1) is 8.31. The van der Waals surface area contributed by atoms with E-state index in [-0.39, 0.29) is 6.10 Å². The Morgan fingerprint density at radius 3 is 2.12 bits per heavy atom. The Morgan fingerprint density at radius 1 is 0.765 bits per heavy atom. The van der Waals surface area contributed by atoms with E-state index in [1.54, 1.807) is 0 Å². The first-order valence-electron chi connectivity index (χ1n) is 7.50. The molecule has 0 bridgehead atoms. The molecule has 2 nitrogen and oxygen atoms in total. The Hall–Kier alpha value is -0.0800. The molecule has 0 aliphatic carbocycles. The molecular weight excluding hydrogens is 212 g/mol. The molecule has 1 unspecified atom stereocenters.